The Morgan fingerprint density at radius 1 is 1.19 bits per heavy atom. The zero-order chi connectivity index (χ0) is 11.5. The second kappa shape index (κ2) is 4.13. The minimum Gasteiger partial charge on any atom is -0.491 e. The summed E-state index contributed by atoms with van der Waals surface area (Å²) in [5, 5.41) is 8.36. The molecule has 1 heterocycles. The molecule has 7 nitrogen and oxygen atoms in total. The van der Waals surface area contributed by atoms with Gasteiger partial charge in [-0.1, -0.05) is 5.18 Å². The van der Waals surface area contributed by atoms with Gasteiger partial charge in [0.15, 0.2) is 0 Å². The minimum atomic E-state index is -0.525. The van der Waals surface area contributed by atoms with Crippen molar-refractivity contribution in [2.75, 3.05) is 6.61 Å². The number of rotatable bonds is 3. The fourth-order valence-electron chi connectivity index (χ4n) is 1.63. The summed E-state index contributed by atoms with van der Waals surface area (Å²) in [7, 11) is 0. The average molecular weight is 221 g/mol. The molecule has 0 saturated heterocycles. The Morgan fingerprint density at radius 2 is 2.00 bits per heavy atom. The molecular formula is C9H7N3O4. The highest BCUT2D eigenvalue weighted by Gasteiger charge is 2.24. The first-order valence-electron chi connectivity index (χ1n) is 4.57. The maximum Gasteiger partial charge on any atom is 0.130 e. The number of ether oxygens (including phenoxy) is 1. The highest BCUT2D eigenvalue weighted by Crippen LogP contribution is 2.37. The van der Waals surface area contributed by atoms with Gasteiger partial charge in [-0.2, -0.15) is 4.91 Å². The quantitative estimate of drug-likeness (QED) is 0.732. The fourth-order valence-corrected chi connectivity index (χ4v) is 1.63. The standard InChI is InChI=1S/C9H7N3O4/c13-10-5-2-8(12-15)7-1-6(11-14)4-16-9(7)3-5/h2-3,6H,1,4H2/t6-/m1/s1. The number of benzene rings is 1. The van der Waals surface area contributed by atoms with Crippen molar-refractivity contribution < 1.29 is 4.74 Å². The van der Waals surface area contributed by atoms with Crippen molar-refractivity contribution in [2.45, 2.75) is 12.5 Å². The Morgan fingerprint density at radius 3 is 2.62 bits per heavy atom. The highest BCUT2D eigenvalue weighted by molar-refractivity contribution is 5.63. The maximum absolute atomic E-state index is 10.6. The topological polar surface area (TPSA) is 97.5 Å². The molecule has 0 bridgehead atoms. The molecule has 0 spiro atoms. The second-order valence-electron chi connectivity index (χ2n) is 3.40. The van der Waals surface area contributed by atoms with Gasteiger partial charge in [0.1, 0.15) is 29.8 Å². The Labute approximate surface area is 89.7 Å². The van der Waals surface area contributed by atoms with Gasteiger partial charge in [-0.05, 0) is 16.4 Å². The maximum atomic E-state index is 10.6. The number of nitrogens with zero attached hydrogens (tertiary/aromatic N) is 3. The van der Waals surface area contributed by atoms with Gasteiger partial charge in [-0.25, -0.2) is 0 Å². The normalized spacial score (nSPS) is 18.1. The molecule has 0 N–H and O–H groups in total. The molecule has 0 radical (unpaired) electrons. The fraction of sp³-hybridized carbons (Fsp3) is 0.333. The van der Waals surface area contributed by atoms with E-state index in [-0.39, 0.29) is 18.0 Å². The molecule has 82 valence electrons. The largest absolute Gasteiger partial charge is 0.491 e. The van der Waals surface area contributed by atoms with Crippen molar-refractivity contribution in [1.29, 1.82) is 0 Å². The SMILES string of the molecule is O=Nc1cc(N=O)c2c(c1)OC[C@H](N=O)C2. The van der Waals surface area contributed by atoms with E-state index in [0.717, 1.165) is 0 Å². The summed E-state index contributed by atoms with van der Waals surface area (Å²) in [6, 6.07) is 2.15. The molecule has 7 heteroatoms. The van der Waals surface area contributed by atoms with E-state index in [1.807, 2.05) is 0 Å². The molecule has 0 amide bonds. The van der Waals surface area contributed by atoms with Crippen LogP contribution in [0.2, 0.25) is 0 Å². The Balaban J connectivity index is 2.49. The Kier molecular flexibility index (Phi) is 2.67. The lowest BCUT2D eigenvalue weighted by atomic mass is 10.0. The summed E-state index contributed by atoms with van der Waals surface area (Å²) in [6.45, 7) is 0.136. The molecular weight excluding hydrogens is 214 g/mol. The molecule has 0 aromatic heterocycles. The molecule has 16 heavy (non-hydrogen) atoms. The smallest absolute Gasteiger partial charge is 0.130 e. The van der Waals surface area contributed by atoms with Gasteiger partial charge < -0.3 is 4.74 Å². The van der Waals surface area contributed by atoms with Crippen LogP contribution >= 0.6 is 0 Å². The zero-order valence-electron chi connectivity index (χ0n) is 8.12. The summed E-state index contributed by atoms with van der Waals surface area (Å²) in [4.78, 5) is 31.3. The Hall–Kier alpha value is -2.18. The third-order valence-corrected chi connectivity index (χ3v) is 2.39. The molecule has 2 rings (SSSR count). The van der Waals surface area contributed by atoms with E-state index in [2.05, 4.69) is 15.5 Å². The van der Waals surface area contributed by atoms with Crippen molar-refractivity contribution in [3.63, 3.8) is 0 Å². The van der Waals surface area contributed by atoms with Crippen LogP contribution in [0.15, 0.2) is 27.7 Å². The molecule has 1 aliphatic heterocycles. The second-order valence-corrected chi connectivity index (χ2v) is 3.40. The van der Waals surface area contributed by atoms with Crippen molar-refractivity contribution in [2.24, 2.45) is 15.5 Å². The first kappa shape index (κ1) is 10.3. The van der Waals surface area contributed by atoms with Crippen LogP contribution < -0.4 is 4.74 Å². The van der Waals surface area contributed by atoms with Crippen molar-refractivity contribution in [3.05, 3.63) is 32.4 Å². The first-order chi connectivity index (χ1) is 7.78. The van der Waals surface area contributed by atoms with E-state index in [1.54, 1.807) is 0 Å². The molecule has 1 aromatic rings. The molecule has 0 saturated carbocycles. The molecule has 1 aliphatic rings. The van der Waals surface area contributed by atoms with Crippen LogP contribution in [0.5, 0.6) is 5.75 Å². The van der Waals surface area contributed by atoms with Crippen LogP contribution in [0.1, 0.15) is 5.56 Å². The zero-order valence-corrected chi connectivity index (χ0v) is 8.12. The number of hydrogen-bond donors (Lipinski definition) is 0. The monoisotopic (exact) mass is 221 g/mol. The van der Waals surface area contributed by atoms with Crippen LogP contribution in [-0.4, -0.2) is 12.6 Å². The lowest BCUT2D eigenvalue weighted by Crippen LogP contribution is -2.23. The van der Waals surface area contributed by atoms with E-state index < -0.39 is 6.04 Å². The van der Waals surface area contributed by atoms with Crippen LogP contribution in [-0.2, 0) is 6.42 Å². The molecule has 0 aliphatic carbocycles. The highest BCUT2D eigenvalue weighted by atomic mass is 16.5. The van der Waals surface area contributed by atoms with E-state index in [4.69, 9.17) is 4.74 Å². The molecule has 1 atom stereocenters. The summed E-state index contributed by atoms with van der Waals surface area (Å²) in [6.07, 6.45) is 0.291. The predicted molar refractivity (Wildman–Crippen MR) is 56.1 cm³/mol. The van der Waals surface area contributed by atoms with Gasteiger partial charge in [-0.3, -0.25) is 0 Å². The van der Waals surface area contributed by atoms with Gasteiger partial charge in [0, 0.05) is 18.1 Å². The third-order valence-electron chi connectivity index (χ3n) is 2.39. The van der Waals surface area contributed by atoms with E-state index in [9.17, 15) is 14.7 Å². The first-order valence-corrected chi connectivity index (χ1v) is 4.57. The summed E-state index contributed by atoms with van der Waals surface area (Å²) < 4.78 is 5.22. The van der Waals surface area contributed by atoms with Crippen LogP contribution in [0.25, 0.3) is 0 Å². The van der Waals surface area contributed by atoms with E-state index >= 15 is 0 Å². The van der Waals surface area contributed by atoms with Gasteiger partial charge >= 0.3 is 0 Å². The predicted octanol–water partition coefficient (Wildman–Crippen LogP) is 2.55. The van der Waals surface area contributed by atoms with Crippen LogP contribution in [0.4, 0.5) is 11.4 Å². The van der Waals surface area contributed by atoms with Gasteiger partial charge in [0.2, 0.25) is 0 Å². The molecule has 0 unspecified atom stereocenters. The van der Waals surface area contributed by atoms with Gasteiger partial charge in [0.05, 0.1) is 0 Å². The average Bonchev–Trinajstić information content (AvgIpc) is 2.36. The molecule has 0 fully saturated rings. The van der Waals surface area contributed by atoms with Crippen LogP contribution in [0, 0.1) is 14.7 Å². The van der Waals surface area contributed by atoms with Crippen molar-refractivity contribution in [3.8, 4) is 5.75 Å². The number of nitroso groups, excluding NO2 is 3. The van der Waals surface area contributed by atoms with Gasteiger partial charge in [0.25, 0.3) is 0 Å². The summed E-state index contributed by atoms with van der Waals surface area (Å²) >= 11 is 0. The third kappa shape index (κ3) is 1.67. The van der Waals surface area contributed by atoms with E-state index in [1.165, 1.54) is 12.1 Å². The van der Waals surface area contributed by atoms with Crippen molar-refractivity contribution in [1.82, 2.24) is 0 Å². The lowest BCUT2D eigenvalue weighted by Gasteiger charge is -2.21. The number of hydrogen-bond acceptors (Lipinski definition) is 7. The van der Waals surface area contributed by atoms with Gasteiger partial charge in [-0.15, -0.1) is 9.81 Å². The lowest BCUT2D eigenvalue weighted by molar-refractivity contribution is 0.264. The van der Waals surface area contributed by atoms with E-state index in [0.29, 0.717) is 17.7 Å². The minimum absolute atomic E-state index is 0.0699. The Bertz CT molecular complexity index is 460. The molecule has 1 aromatic carbocycles. The number of fused-ring (bicyclic) bond motifs is 1. The summed E-state index contributed by atoms with van der Waals surface area (Å²) in [5.41, 5.74) is 0.643. The summed E-state index contributed by atoms with van der Waals surface area (Å²) in [5.74, 6) is 0.367. The van der Waals surface area contributed by atoms with Crippen molar-refractivity contribution >= 4 is 11.4 Å². The van der Waals surface area contributed by atoms with Crippen LogP contribution in [0.3, 0.4) is 0 Å².